The molecule has 1 amide bonds. The van der Waals surface area contributed by atoms with Gasteiger partial charge in [0, 0.05) is 25.2 Å². The number of carbonyl (C=O) groups is 1. The van der Waals surface area contributed by atoms with E-state index in [9.17, 15) is 4.79 Å². The highest BCUT2D eigenvalue weighted by Crippen LogP contribution is 2.23. The second-order valence-corrected chi connectivity index (χ2v) is 5.81. The van der Waals surface area contributed by atoms with E-state index >= 15 is 0 Å². The van der Waals surface area contributed by atoms with Crippen LogP contribution in [0.15, 0.2) is 0 Å². The molecule has 0 unspecified atom stereocenters. The van der Waals surface area contributed by atoms with Crippen molar-refractivity contribution in [3.63, 3.8) is 0 Å². The summed E-state index contributed by atoms with van der Waals surface area (Å²) in [5, 5.41) is 3.16. The van der Waals surface area contributed by atoms with E-state index in [1.54, 1.807) is 0 Å². The first-order chi connectivity index (χ1) is 8.13. The largest absolute Gasteiger partial charge is 0.352 e. The van der Waals surface area contributed by atoms with E-state index in [0.29, 0.717) is 12.6 Å². The minimum Gasteiger partial charge on any atom is -0.352 e. The number of amides is 1. The number of rotatable bonds is 3. The SMILES string of the molecule is CC1CCC(NC(=O)CN2CC[C@@H](N)C2)CC1.Cl. The van der Waals surface area contributed by atoms with Gasteiger partial charge in [-0.05, 0) is 38.0 Å². The zero-order valence-corrected chi connectivity index (χ0v) is 12.0. The van der Waals surface area contributed by atoms with Crippen LogP contribution in [0.1, 0.15) is 39.0 Å². The number of halogens is 1. The van der Waals surface area contributed by atoms with Gasteiger partial charge in [-0.25, -0.2) is 0 Å². The molecule has 1 aliphatic heterocycles. The Hall–Kier alpha value is -0.320. The average Bonchev–Trinajstić information content (AvgIpc) is 2.67. The first-order valence-electron chi connectivity index (χ1n) is 6.91. The molecule has 2 rings (SSSR count). The summed E-state index contributed by atoms with van der Waals surface area (Å²) in [6.45, 7) is 4.66. The number of carbonyl (C=O) groups excluding carboxylic acids is 1. The lowest BCUT2D eigenvalue weighted by atomic mass is 9.87. The summed E-state index contributed by atoms with van der Waals surface area (Å²) < 4.78 is 0. The molecule has 1 saturated heterocycles. The molecule has 0 bridgehead atoms. The van der Waals surface area contributed by atoms with Crippen LogP contribution in [0.2, 0.25) is 0 Å². The van der Waals surface area contributed by atoms with E-state index in [1.165, 1.54) is 12.8 Å². The van der Waals surface area contributed by atoms with Gasteiger partial charge in [0.05, 0.1) is 6.54 Å². The van der Waals surface area contributed by atoms with Crippen LogP contribution in [0.5, 0.6) is 0 Å². The van der Waals surface area contributed by atoms with E-state index in [4.69, 9.17) is 5.73 Å². The van der Waals surface area contributed by atoms with E-state index in [1.807, 2.05) is 0 Å². The fraction of sp³-hybridized carbons (Fsp3) is 0.923. The fourth-order valence-electron chi connectivity index (χ4n) is 2.89. The lowest BCUT2D eigenvalue weighted by molar-refractivity contribution is -0.123. The Balaban J connectivity index is 0.00000162. The highest BCUT2D eigenvalue weighted by molar-refractivity contribution is 5.85. The molecule has 0 aromatic rings. The molecule has 18 heavy (non-hydrogen) atoms. The Labute approximate surface area is 116 Å². The Bertz CT molecular complexity index is 267. The quantitative estimate of drug-likeness (QED) is 0.812. The van der Waals surface area contributed by atoms with Crippen molar-refractivity contribution in [2.24, 2.45) is 11.7 Å². The minimum absolute atomic E-state index is 0. The molecule has 2 aliphatic rings. The summed E-state index contributed by atoms with van der Waals surface area (Å²) in [6, 6.07) is 0.674. The van der Waals surface area contributed by atoms with Gasteiger partial charge in [-0.1, -0.05) is 6.92 Å². The molecule has 5 heteroatoms. The summed E-state index contributed by atoms with van der Waals surface area (Å²) in [5.74, 6) is 1.01. The molecule has 0 radical (unpaired) electrons. The Kier molecular flexibility index (Phi) is 6.39. The van der Waals surface area contributed by atoms with Crippen molar-refractivity contribution < 1.29 is 4.79 Å². The Morgan fingerprint density at radius 3 is 2.50 bits per heavy atom. The number of hydrogen-bond donors (Lipinski definition) is 2. The van der Waals surface area contributed by atoms with Crippen molar-refractivity contribution in [3.8, 4) is 0 Å². The second kappa shape index (κ2) is 7.31. The van der Waals surface area contributed by atoms with E-state index in [2.05, 4.69) is 17.1 Å². The number of nitrogens with zero attached hydrogens (tertiary/aromatic N) is 1. The van der Waals surface area contributed by atoms with Gasteiger partial charge >= 0.3 is 0 Å². The monoisotopic (exact) mass is 275 g/mol. The van der Waals surface area contributed by atoms with E-state index < -0.39 is 0 Å². The number of likely N-dealkylation sites (tertiary alicyclic amines) is 1. The van der Waals surface area contributed by atoms with Crippen LogP contribution < -0.4 is 11.1 Å². The van der Waals surface area contributed by atoms with Crippen LogP contribution in [0, 0.1) is 5.92 Å². The van der Waals surface area contributed by atoms with Gasteiger partial charge in [0.2, 0.25) is 5.91 Å². The predicted molar refractivity (Wildman–Crippen MR) is 75.8 cm³/mol. The van der Waals surface area contributed by atoms with E-state index in [-0.39, 0.29) is 24.4 Å². The zero-order chi connectivity index (χ0) is 12.3. The third-order valence-corrected chi connectivity index (χ3v) is 4.06. The van der Waals surface area contributed by atoms with E-state index in [0.717, 1.165) is 38.3 Å². The van der Waals surface area contributed by atoms with Crippen LogP contribution in [-0.4, -0.2) is 42.5 Å². The highest BCUT2D eigenvalue weighted by atomic mass is 35.5. The van der Waals surface area contributed by atoms with Crippen LogP contribution in [0.3, 0.4) is 0 Å². The second-order valence-electron chi connectivity index (χ2n) is 5.81. The Morgan fingerprint density at radius 1 is 1.28 bits per heavy atom. The number of nitrogens with one attached hydrogen (secondary N) is 1. The molecule has 1 atom stereocenters. The first kappa shape index (κ1) is 15.7. The van der Waals surface area contributed by atoms with Crippen molar-refractivity contribution in [1.29, 1.82) is 0 Å². The van der Waals surface area contributed by atoms with Gasteiger partial charge in [0.15, 0.2) is 0 Å². The molecule has 4 nitrogen and oxygen atoms in total. The van der Waals surface area contributed by atoms with Crippen molar-refractivity contribution in [3.05, 3.63) is 0 Å². The molecule has 1 saturated carbocycles. The molecule has 1 aliphatic carbocycles. The van der Waals surface area contributed by atoms with Gasteiger partial charge in [-0.3, -0.25) is 9.69 Å². The normalized spacial score (nSPS) is 32.9. The summed E-state index contributed by atoms with van der Waals surface area (Å²) in [6.07, 6.45) is 5.81. The lowest BCUT2D eigenvalue weighted by Gasteiger charge is -2.27. The summed E-state index contributed by atoms with van der Waals surface area (Å²) in [4.78, 5) is 14.0. The van der Waals surface area contributed by atoms with Gasteiger partial charge < -0.3 is 11.1 Å². The number of hydrogen-bond acceptors (Lipinski definition) is 3. The molecule has 0 aromatic heterocycles. The topological polar surface area (TPSA) is 58.4 Å². The van der Waals surface area contributed by atoms with Crippen molar-refractivity contribution in [1.82, 2.24) is 10.2 Å². The third-order valence-electron chi connectivity index (χ3n) is 4.06. The third kappa shape index (κ3) is 4.75. The molecule has 2 fully saturated rings. The Morgan fingerprint density at radius 2 is 1.94 bits per heavy atom. The minimum atomic E-state index is 0. The van der Waals surface area contributed by atoms with Gasteiger partial charge in [-0.2, -0.15) is 0 Å². The van der Waals surface area contributed by atoms with Crippen LogP contribution >= 0.6 is 12.4 Å². The van der Waals surface area contributed by atoms with Crippen molar-refractivity contribution in [2.75, 3.05) is 19.6 Å². The maximum atomic E-state index is 11.9. The predicted octanol–water partition coefficient (Wildman–Crippen LogP) is 1.14. The smallest absolute Gasteiger partial charge is 0.234 e. The van der Waals surface area contributed by atoms with Gasteiger partial charge in [0.1, 0.15) is 0 Å². The lowest BCUT2D eigenvalue weighted by Crippen LogP contribution is -2.43. The van der Waals surface area contributed by atoms with Gasteiger partial charge in [-0.15, -0.1) is 12.4 Å². The van der Waals surface area contributed by atoms with Crippen LogP contribution in [0.25, 0.3) is 0 Å². The molecule has 3 N–H and O–H groups in total. The summed E-state index contributed by atoms with van der Waals surface area (Å²) in [7, 11) is 0. The fourth-order valence-corrected chi connectivity index (χ4v) is 2.89. The standard InChI is InChI=1S/C13H25N3O.ClH/c1-10-2-4-12(5-3-10)15-13(17)9-16-7-6-11(14)8-16;/h10-12H,2-9,14H2,1H3,(H,15,17);1H/t10?,11-,12?;/m1./s1. The zero-order valence-electron chi connectivity index (χ0n) is 11.2. The molecule has 106 valence electrons. The molecule has 1 heterocycles. The molecule has 0 aromatic carbocycles. The van der Waals surface area contributed by atoms with Crippen molar-refractivity contribution in [2.45, 2.75) is 51.1 Å². The maximum absolute atomic E-state index is 11.9. The average molecular weight is 276 g/mol. The number of nitrogens with two attached hydrogens (primary N) is 1. The van der Waals surface area contributed by atoms with Crippen LogP contribution in [0.4, 0.5) is 0 Å². The summed E-state index contributed by atoms with van der Waals surface area (Å²) >= 11 is 0. The highest BCUT2D eigenvalue weighted by Gasteiger charge is 2.23. The molecular formula is C13H26ClN3O. The maximum Gasteiger partial charge on any atom is 0.234 e. The summed E-state index contributed by atoms with van der Waals surface area (Å²) in [5.41, 5.74) is 5.83. The van der Waals surface area contributed by atoms with Crippen LogP contribution in [-0.2, 0) is 4.79 Å². The molecule has 0 spiro atoms. The molecular weight excluding hydrogens is 250 g/mol. The van der Waals surface area contributed by atoms with Crippen molar-refractivity contribution >= 4 is 18.3 Å². The first-order valence-corrected chi connectivity index (χ1v) is 6.91. The van der Waals surface area contributed by atoms with Gasteiger partial charge in [0.25, 0.3) is 0 Å².